The van der Waals surface area contributed by atoms with E-state index in [1.54, 1.807) is 13.2 Å². The Kier molecular flexibility index (Phi) is 4.61. The quantitative estimate of drug-likeness (QED) is 0.498. The maximum atomic E-state index is 6.52. The maximum absolute atomic E-state index is 6.52. The van der Waals surface area contributed by atoms with Crippen molar-refractivity contribution in [3.05, 3.63) is 93.5 Å². The minimum absolute atomic E-state index is 0.0675. The van der Waals surface area contributed by atoms with Gasteiger partial charge in [-0.05, 0) is 30.3 Å². The van der Waals surface area contributed by atoms with Crippen molar-refractivity contribution in [3.63, 3.8) is 0 Å². The average molecular weight is 425 g/mol. The van der Waals surface area contributed by atoms with Gasteiger partial charge < -0.3 is 9.47 Å². The Bertz CT molecular complexity index is 1120. The van der Waals surface area contributed by atoms with Gasteiger partial charge in [0.25, 0.3) is 0 Å². The number of hydrogen-bond donors (Lipinski definition) is 0. The molecule has 2 atom stereocenters. The van der Waals surface area contributed by atoms with Crippen molar-refractivity contribution in [1.29, 1.82) is 0 Å². The molecule has 2 aliphatic heterocycles. The molecule has 0 radical (unpaired) electrons. The molecule has 0 unspecified atom stereocenters. The van der Waals surface area contributed by atoms with Crippen LogP contribution < -0.4 is 9.47 Å². The number of rotatable bonds is 3. The van der Waals surface area contributed by atoms with Crippen LogP contribution in [0.25, 0.3) is 0 Å². The Labute approximate surface area is 179 Å². The number of hydrazone groups is 1. The summed E-state index contributed by atoms with van der Waals surface area (Å²) in [5.41, 5.74) is 3.99. The third-order valence-corrected chi connectivity index (χ3v) is 5.89. The lowest BCUT2D eigenvalue weighted by Gasteiger charge is -2.38. The van der Waals surface area contributed by atoms with E-state index in [1.807, 2.05) is 53.5 Å². The van der Waals surface area contributed by atoms with Gasteiger partial charge >= 0.3 is 0 Å². The lowest BCUT2D eigenvalue weighted by Crippen LogP contribution is -2.33. The van der Waals surface area contributed by atoms with Gasteiger partial charge in [0, 0.05) is 28.1 Å². The zero-order valence-corrected chi connectivity index (χ0v) is 17.2. The summed E-state index contributed by atoms with van der Waals surface area (Å²) in [6.07, 6.45) is 0.345. The number of fused-ring (bicyclic) bond motifs is 3. The molecule has 29 heavy (non-hydrogen) atoms. The zero-order valence-electron chi connectivity index (χ0n) is 15.7. The molecule has 0 saturated carbocycles. The van der Waals surface area contributed by atoms with Crippen LogP contribution in [0.5, 0.6) is 11.5 Å². The van der Waals surface area contributed by atoms with E-state index in [2.05, 4.69) is 12.1 Å². The van der Waals surface area contributed by atoms with Crippen molar-refractivity contribution in [3.8, 4) is 11.5 Å². The fraction of sp³-hybridized carbons (Fsp3) is 0.174. The first kappa shape index (κ1) is 18.3. The van der Waals surface area contributed by atoms with Gasteiger partial charge in [-0.1, -0.05) is 59.6 Å². The van der Waals surface area contributed by atoms with Gasteiger partial charge in [0.15, 0.2) is 0 Å². The first-order chi connectivity index (χ1) is 14.1. The highest BCUT2D eigenvalue weighted by Crippen LogP contribution is 2.48. The molecular weight excluding hydrogens is 407 g/mol. The van der Waals surface area contributed by atoms with E-state index in [9.17, 15) is 0 Å². The summed E-state index contributed by atoms with van der Waals surface area (Å²) < 4.78 is 11.7. The highest BCUT2D eigenvalue weighted by molar-refractivity contribution is 6.35. The van der Waals surface area contributed by atoms with Crippen LogP contribution in [0.2, 0.25) is 10.0 Å². The minimum atomic E-state index is -0.428. The van der Waals surface area contributed by atoms with E-state index < -0.39 is 6.23 Å². The van der Waals surface area contributed by atoms with Gasteiger partial charge in [-0.15, -0.1) is 0 Å². The second-order valence-electron chi connectivity index (χ2n) is 7.05. The fourth-order valence-electron chi connectivity index (χ4n) is 3.92. The smallest absolute Gasteiger partial charge is 0.215 e. The molecule has 4 nitrogen and oxygen atoms in total. The largest absolute Gasteiger partial charge is 0.497 e. The van der Waals surface area contributed by atoms with Crippen molar-refractivity contribution in [2.24, 2.45) is 5.10 Å². The van der Waals surface area contributed by atoms with Crippen LogP contribution in [-0.2, 0) is 0 Å². The summed E-state index contributed by atoms with van der Waals surface area (Å²) in [4.78, 5) is 0. The molecule has 0 spiro atoms. The minimum Gasteiger partial charge on any atom is -0.497 e. The van der Waals surface area contributed by atoms with Crippen molar-refractivity contribution in [2.75, 3.05) is 7.11 Å². The van der Waals surface area contributed by atoms with Gasteiger partial charge in [-0.2, -0.15) is 5.10 Å². The van der Waals surface area contributed by atoms with E-state index in [1.165, 1.54) is 0 Å². The number of halogens is 2. The summed E-state index contributed by atoms with van der Waals surface area (Å²) >= 11 is 12.6. The average Bonchev–Trinajstić information content (AvgIpc) is 3.19. The molecule has 5 rings (SSSR count). The second-order valence-corrected chi connectivity index (χ2v) is 7.90. The Morgan fingerprint density at radius 1 is 1.00 bits per heavy atom. The molecule has 2 aliphatic rings. The zero-order chi connectivity index (χ0) is 20.0. The molecule has 0 aliphatic carbocycles. The molecule has 3 aromatic rings. The maximum Gasteiger partial charge on any atom is 0.215 e. The normalized spacial score (nSPS) is 19.8. The van der Waals surface area contributed by atoms with E-state index in [4.69, 9.17) is 37.8 Å². The van der Waals surface area contributed by atoms with E-state index in [0.29, 0.717) is 10.0 Å². The molecule has 2 heterocycles. The molecule has 0 saturated heterocycles. The fourth-order valence-corrected chi connectivity index (χ4v) is 4.42. The van der Waals surface area contributed by atoms with Gasteiger partial charge in [0.2, 0.25) is 6.23 Å². The van der Waals surface area contributed by atoms with Crippen molar-refractivity contribution in [2.45, 2.75) is 18.7 Å². The van der Waals surface area contributed by atoms with Crippen molar-refractivity contribution in [1.82, 2.24) is 5.01 Å². The lowest BCUT2D eigenvalue weighted by atomic mass is 9.96. The number of ether oxygens (including phenoxy) is 2. The summed E-state index contributed by atoms with van der Waals surface area (Å²) in [5.74, 6) is 1.66. The van der Waals surface area contributed by atoms with Crippen molar-refractivity contribution >= 4 is 28.9 Å². The first-order valence-corrected chi connectivity index (χ1v) is 10.1. The molecule has 0 fully saturated rings. The first-order valence-electron chi connectivity index (χ1n) is 9.35. The SMILES string of the molecule is COc1cccc(C2=NN3[C@@H](C2)c2ccccc2O[C@H]3c2ccc(Cl)cc2Cl)c1. The molecule has 3 aromatic carbocycles. The van der Waals surface area contributed by atoms with Crippen LogP contribution in [-0.4, -0.2) is 17.8 Å². The van der Waals surface area contributed by atoms with Gasteiger partial charge in [-0.3, -0.25) is 0 Å². The molecule has 146 valence electrons. The molecule has 0 bridgehead atoms. The topological polar surface area (TPSA) is 34.1 Å². The van der Waals surface area contributed by atoms with Crippen molar-refractivity contribution < 1.29 is 9.47 Å². The number of methoxy groups -OCH3 is 1. The van der Waals surface area contributed by atoms with Crippen LogP contribution in [0.3, 0.4) is 0 Å². The van der Waals surface area contributed by atoms with Gasteiger partial charge in [0.1, 0.15) is 11.5 Å². The van der Waals surface area contributed by atoms with Crippen LogP contribution in [0.15, 0.2) is 71.8 Å². The monoisotopic (exact) mass is 424 g/mol. The number of hydrogen-bond acceptors (Lipinski definition) is 4. The predicted molar refractivity (Wildman–Crippen MR) is 115 cm³/mol. The number of nitrogens with zero attached hydrogens (tertiary/aromatic N) is 2. The molecule has 6 heteroatoms. The van der Waals surface area contributed by atoms with Crippen LogP contribution in [0, 0.1) is 0 Å². The predicted octanol–water partition coefficient (Wildman–Crippen LogP) is 6.24. The summed E-state index contributed by atoms with van der Waals surface area (Å²) in [5, 5.41) is 8.11. The summed E-state index contributed by atoms with van der Waals surface area (Å²) in [6.45, 7) is 0. The van der Waals surface area contributed by atoms with Crippen LogP contribution >= 0.6 is 23.2 Å². The highest BCUT2D eigenvalue weighted by Gasteiger charge is 2.41. The Hall–Kier alpha value is -2.69. The Balaban J connectivity index is 1.60. The third-order valence-electron chi connectivity index (χ3n) is 5.33. The van der Waals surface area contributed by atoms with E-state index in [-0.39, 0.29) is 6.04 Å². The standard InChI is InChI=1S/C23H18Cl2N2O2/c1-28-16-6-4-5-14(11-16)20-13-21-18-7-2-3-8-22(18)29-23(27(21)26-20)17-10-9-15(24)12-19(17)25/h2-12,21,23H,13H2,1H3/t21-,23-/m0/s1. The second kappa shape index (κ2) is 7.29. The molecule has 0 aromatic heterocycles. The molecule has 0 amide bonds. The van der Waals surface area contributed by atoms with E-state index in [0.717, 1.165) is 40.3 Å². The third kappa shape index (κ3) is 3.22. The molecule has 0 N–H and O–H groups in total. The summed E-state index contributed by atoms with van der Waals surface area (Å²) in [6, 6.07) is 21.6. The van der Waals surface area contributed by atoms with Gasteiger partial charge in [-0.25, -0.2) is 5.01 Å². The van der Waals surface area contributed by atoms with Gasteiger partial charge in [0.05, 0.1) is 23.9 Å². The summed E-state index contributed by atoms with van der Waals surface area (Å²) in [7, 11) is 1.67. The molecular formula is C23H18Cl2N2O2. The lowest BCUT2D eigenvalue weighted by molar-refractivity contribution is -0.0189. The number of para-hydroxylation sites is 1. The Morgan fingerprint density at radius 3 is 2.69 bits per heavy atom. The van der Waals surface area contributed by atoms with Crippen LogP contribution in [0.1, 0.15) is 35.4 Å². The van der Waals surface area contributed by atoms with E-state index >= 15 is 0 Å². The number of benzene rings is 3. The van der Waals surface area contributed by atoms with Crippen LogP contribution in [0.4, 0.5) is 0 Å². The Morgan fingerprint density at radius 2 is 1.86 bits per heavy atom. The highest BCUT2D eigenvalue weighted by atomic mass is 35.5.